The molecule has 6 nitrogen and oxygen atoms in total. The Hall–Kier alpha value is -4.20. The lowest BCUT2D eigenvalue weighted by atomic mass is 9.99. The minimum atomic E-state index is -1.37. The first kappa shape index (κ1) is 26.9. The molecule has 0 radical (unpaired) electrons. The molecular formula is C30H28ClFN4O2. The molecule has 0 aromatic heterocycles. The van der Waals surface area contributed by atoms with E-state index in [1.54, 1.807) is 42.5 Å². The zero-order valence-electron chi connectivity index (χ0n) is 21.1. The molecular weight excluding hydrogens is 503 g/mol. The minimum Gasteiger partial charge on any atom is -0.351 e. The fraction of sp³-hybridized carbons (Fsp3) is 0.133. The molecule has 0 saturated heterocycles. The molecule has 0 saturated carbocycles. The summed E-state index contributed by atoms with van der Waals surface area (Å²) in [5, 5.41) is 3.26. The number of anilines is 2. The summed E-state index contributed by atoms with van der Waals surface area (Å²) in [6.45, 7) is 0.784. The quantitative estimate of drug-likeness (QED) is 0.274. The van der Waals surface area contributed by atoms with Gasteiger partial charge in [0.15, 0.2) is 0 Å². The maximum absolute atomic E-state index is 14.9. The van der Waals surface area contributed by atoms with Crippen molar-refractivity contribution in [3.8, 4) is 11.1 Å². The summed E-state index contributed by atoms with van der Waals surface area (Å²) in [6.07, 6.45) is 0. The van der Waals surface area contributed by atoms with E-state index in [4.69, 9.17) is 17.3 Å². The summed E-state index contributed by atoms with van der Waals surface area (Å²) < 4.78 is 14.9. The molecule has 0 aliphatic rings. The fourth-order valence-electron chi connectivity index (χ4n) is 4.32. The van der Waals surface area contributed by atoms with Crippen LogP contribution in [-0.4, -0.2) is 30.9 Å². The summed E-state index contributed by atoms with van der Waals surface area (Å²) in [5.41, 5.74) is 9.77. The van der Waals surface area contributed by atoms with Crippen LogP contribution in [0.25, 0.3) is 11.1 Å². The first-order valence-electron chi connectivity index (χ1n) is 12.0. The standard InChI is InChI=1S/C30H28ClFN4O2/c1-35(2)19-21-7-3-4-8-25(21)20-11-15-23(16-12-20)34-29(37)28(26-9-5-6-10-27(26)32)36(30(33)38)24-17-13-22(31)14-18-24/h3-18,28H,19H2,1-2H3,(H2,33,38)(H,34,37). The van der Waals surface area contributed by atoms with Gasteiger partial charge in [0.25, 0.3) is 5.91 Å². The van der Waals surface area contributed by atoms with Gasteiger partial charge in [-0.2, -0.15) is 0 Å². The number of nitrogens with zero attached hydrogens (tertiary/aromatic N) is 2. The molecule has 4 aromatic carbocycles. The highest BCUT2D eigenvalue weighted by Crippen LogP contribution is 2.32. The van der Waals surface area contributed by atoms with Crippen molar-refractivity contribution in [2.75, 3.05) is 24.3 Å². The van der Waals surface area contributed by atoms with Crippen LogP contribution >= 0.6 is 11.6 Å². The lowest BCUT2D eigenvalue weighted by Crippen LogP contribution is -2.44. The monoisotopic (exact) mass is 530 g/mol. The van der Waals surface area contributed by atoms with Crippen molar-refractivity contribution in [1.82, 2.24) is 4.90 Å². The maximum Gasteiger partial charge on any atom is 0.320 e. The van der Waals surface area contributed by atoms with Crippen LogP contribution in [-0.2, 0) is 11.3 Å². The zero-order chi connectivity index (χ0) is 27.2. The highest BCUT2D eigenvalue weighted by Gasteiger charge is 2.33. The second kappa shape index (κ2) is 11.9. The van der Waals surface area contributed by atoms with E-state index in [0.29, 0.717) is 16.4 Å². The van der Waals surface area contributed by atoms with Gasteiger partial charge in [-0.3, -0.25) is 9.69 Å². The third-order valence-corrected chi connectivity index (χ3v) is 6.27. The third-order valence-electron chi connectivity index (χ3n) is 6.02. The largest absolute Gasteiger partial charge is 0.351 e. The van der Waals surface area contributed by atoms with E-state index in [9.17, 15) is 14.0 Å². The van der Waals surface area contributed by atoms with E-state index in [1.807, 2.05) is 38.4 Å². The smallest absolute Gasteiger partial charge is 0.320 e. The van der Waals surface area contributed by atoms with Gasteiger partial charge in [0.2, 0.25) is 0 Å². The maximum atomic E-state index is 14.9. The number of hydrogen-bond donors (Lipinski definition) is 2. The van der Waals surface area contributed by atoms with Crippen LogP contribution in [0.3, 0.4) is 0 Å². The summed E-state index contributed by atoms with van der Waals surface area (Å²) in [6, 6.07) is 25.2. The Morgan fingerprint density at radius 2 is 1.53 bits per heavy atom. The van der Waals surface area contributed by atoms with Gasteiger partial charge < -0.3 is 16.0 Å². The number of hydrogen-bond acceptors (Lipinski definition) is 3. The molecule has 0 aliphatic heterocycles. The number of benzene rings is 4. The fourth-order valence-corrected chi connectivity index (χ4v) is 4.45. The first-order valence-corrected chi connectivity index (χ1v) is 12.3. The molecule has 0 spiro atoms. The zero-order valence-corrected chi connectivity index (χ0v) is 21.8. The van der Waals surface area contributed by atoms with E-state index < -0.39 is 23.8 Å². The Labute approximate surface area is 226 Å². The van der Waals surface area contributed by atoms with E-state index >= 15 is 0 Å². The van der Waals surface area contributed by atoms with Crippen molar-refractivity contribution in [3.05, 3.63) is 119 Å². The van der Waals surface area contributed by atoms with Crippen LogP contribution in [0.15, 0.2) is 97.1 Å². The molecule has 3 amide bonds. The molecule has 4 rings (SSSR count). The van der Waals surface area contributed by atoms with E-state index in [2.05, 4.69) is 22.3 Å². The van der Waals surface area contributed by atoms with Gasteiger partial charge in [-0.25, -0.2) is 9.18 Å². The summed E-state index contributed by atoms with van der Waals surface area (Å²) >= 11 is 6.00. The Morgan fingerprint density at radius 1 is 0.895 bits per heavy atom. The third kappa shape index (κ3) is 6.19. The molecule has 0 aliphatic carbocycles. The average molecular weight is 531 g/mol. The van der Waals surface area contributed by atoms with Crippen molar-refractivity contribution < 1.29 is 14.0 Å². The molecule has 0 bridgehead atoms. The molecule has 4 aromatic rings. The lowest BCUT2D eigenvalue weighted by Gasteiger charge is -2.30. The van der Waals surface area contributed by atoms with Crippen molar-refractivity contribution in [3.63, 3.8) is 0 Å². The average Bonchev–Trinajstić information content (AvgIpc) is 2.89. The highest BCUT2D eigenvalue weighted by atomic mass is 35.5. The molecule has 38 heavy (non-hydrogen) atoms. The number of carbonyl (C=O) groups is 2. The molecule has 1 unspecified atom stereocenters. The Bertz CT molecular complexity index is 1430. The number of amides is 3. The molecule has 3 N–H and O–H groups in total. The number of nitrogens with two attached hydrogens (primary N) is 1. The van der Waals surface area contributed by atoms with Gasteiger partial charge in [0.1, 0.15) is 11.9 Å². The van der Waals surface area contributed by atoms with Gasteiger partial charge in [0, 0.05) is 28.5 Å². The highest BCUT2D eigenvalue weighted by molar-refractivity contribution is 6.30. The van der Waals surface area contributed by atoms with Crippen LogP contribution in [0.2, 0.25) is 5.02 Å². The molecule has 1 atom stereocenters. The van der Waals surface area contributed by atoms with Crippen molar-refractivity contribution in [1.29, 1.82) is 0 Å². The molecule has 8 heteroatoms. The van der Waals surface area contributed by atoms with E-state index in [-0.39, 0.29) is 5.56 Å². The van der Waals surface area contributed by atoms with Gasteiger partial charge in [-0.15, -0.1) is 0 Å². The van der Waals surface area contributed by atoms with Crippen LogP contribution in [0, 0.1) is 5.82 Å². The van der Waals surface area contributed by atoms with E-state index in [1.165, 1.54) is 23.8 Å². The summed E-state index contributed by atoms with van der Waals surface area (Å²) in [7, 11) is 4.03. The number of carbonyl (C=O) groups excluding carboxylic acids is 2. The number of urea groups is 1. The molecule has 0 fully saturated rings. The van der Waals surface area contributed by atoms with Crippen LogP contribution in [0.4, 0.5) is 20.6 Å². The Morgan fingerprint density at radius 3 is 2.16 bits per heavy atom. The van der Waals surface area contributed by atoms with Crippen LogP contribution < -0.4 is 16.0 Å². The second-order valence-corrected chi connectivity index (χ2v) is 9.51. The SMILES string of the molecule is CN(C)Cc1ccccc1-c1ccc(NC(=O)C(c2ccccc2F)N(C(N)=O)c2ccc(Cl)cc2)cc1. The van der Waals surface area contributed by atoms with E-state index in [0.717, 1.165) is 22.6 Å². The normalized spacial score (nSPS) is 11.7. The predicted octanol–water partition coefficient (Wildman–Crippen LogP) is 6.47. The number of nitrogens with one attached hydrogen (secondary N) is 1. The first-order chi connectivity index (χ1) is 18.2. The number of rotatable bonds is 8. The predicted molar refractivity (Wildman–Crippen MR) is 151 cm³/mol. The second-order valence-electron chi connectivity index (χ2n) is 9.07. The van der Waals surface area contributed by atoms with Crippen LogP contribution in [0.5, 0.6) is 0 Å². The summed E-state index contributed by atoms with van der Waals surface area (Å²) in [5.74, 6) is -1.26. The van der Waals surface area contributed by atoms with Gasteiger partial charge >= 0.3 is 6.03 Å². The van der Waals surface area contributed by atoms with Gasteiger partial charge in [-0.05, 0) is 73.3 Å². The number of primary amides is 1. The Balaban J connectivity index is 1.67. The van der Waals surface area contributed by atoms with Crippen molar-refractivity contribution >= 4 is 34.9 Å². The van der Waals surface area contributed by atoms with Crippen LogP contribution in [0.1, 0.15) is 17.2 Å². The topological polar surface area (TPSA) is 78.7 Å². The molecule has 0 heterocycles. The van der Waals surface area contributed by atoms with Gasteiger partial charge in [-0.1, -0.05) is 66.2 Å². The summed E-state index contributed by atoms with van der Waals surface area (Å²) in [4.78, 5) is 29.4. The molecule has 194 valence electrons. The lowest BCUT2D eigenvalue weighted by molar-refractivity contribution is -0.117. The number of halogens is 2. The van der Waals surface area contributed by atoms with Crippen molar-refractivity contribution in [2.24, 2.45) is 5.73 Å². The minimum absolute atomic E-state index is 0.00739. The van der Waals surface area contributed by atoms with Gasteiger partial charge in [0.05, 0.1) is 0 Å². The van der Waals surface area contributed by atoms with Crippen molar-refractivity contribution in [2.45, 2.75) is 12.6 Å². The Kier molecular flexibility index (Phi) is 8.41.